The summed E-state index contributed by atoms with van der Waals surface area (Å²) in [6, 6.07) is 6.39. The van der Waals surface area contributed by atoms with E-state index in [4.69, 9.17) is 0 Å². The molecular weight excluding hydrogens is 329 g/mol. The lowest BCUT2D eigenvalue weighted by Gasteiger charge is -2.37. The number of fused-ring (bicyclic) bond motifs is 1. The van der Waals surface area contributed by atoms with Crippen LogP contribution in [0, 0.1) is 5.82 Å². The fraction of sp³-hybridized carbons (Fsp3) is 0.375. The highest BCUT2D eigenvalue weighted by molar-refractivity contribution is 7.17. The number of rotatable bonds is 3. The second-order valence-electron chi connectivity index (χ2n) is 6.04. The molecule has 126 valence electrons. The van der Waals surface area contributed by atoms with E-state index in [0.29, 0.717) is 4.96 Å². The summed E-state index contributed by atoms with van der Waals surface area (Å²) in [6.07, 6.45) is 1.42. The first-order valence-corrected chi connectivity index (χ1v) is 8.64. The van der Waals surface area contributed by atoms with E-state index < -0.39 is 0 Å². The number of aromatic hydroxyl groups is 1. The molecule has 3 aromatic rings. The normalized spacial score (nSPS) is 18.2. The summed E-state index contributed by atoms with van der Waals surface area (Å²) in [7, 11) is 2.09. The molecule has 1 aliphatic heterocycles. The summed E-state index contributed by atoms with van der Waals surface area (Å²) in [5.74, 6) is -0.189. The van der Waals surface area contributed by atoms with Crippen LogP contribution in [0.4, 0.5) is 4.39 Å². The van der Waals surface area contributed by atoms with Gasteiger partial charge in [0.1, 0.15) is 12.1 Å². The van der Waals surface area contributed by atoms with Crippen LogP contribution in [-0.4, -0.2) is 62.7 Å². The second kappa shape index (κ2) is 6.12. The smallest absolute Gasteiger partial charge is 0.230 e. The Hall–Kier alpha value is -2.03. The van der Waals surface area contributed by atoms with Gasteiger partial charge in [0.15, 0.2) is 0 Å². The Balaban J connectivity index is 1.80. The third kappa shape index (κ3) is 2.66. The largest absolute Gasteiger partial charge is 0.492 e. The average molecular weight is 347 g/mol. The number of piperazine rings is 1. The Kier molecular flexibility index (Phi) is 3.95. The highest BCUT2D eigenvalue weighted by atomic mass is 32.1. The molecule has 0 unspecified atom stereocenters. The number of likely N-dealkylation sites (N-methyl/N-ethyl adjacent to an activating group) is 1. The van der Waals surface area contributed by atoms with Crippen molar-refractivity contribution < 1.29 is 9.50 Å². The SMILES string of the molecule is CN1CCN([C@@H](c2cccc(F)c2)c2sc3ncnn3c2O)CC1. The summed E-state index contributed by atoms with van der Waals surface area (Å²) in [6.45, 7) is 3.58. The maximum atomic E-state index is 13.8. The highest BCUT2D eigenvalue weighted by Crippen LogP contribution is 2.40. The zero-order chi connectivity index (χ0) is 16.7. The topological polar surface area (TPSA) is 56.9 Å². The highest BCUT2D eigenvalue weighted by Gasteiger charge is 2.31. The number of hydrogen-bond acceptors (Lipinski definition) is 6. The van der Waals surface area contributed by atoms with Crippen LogP contribution in [-0.2, 0) is 0 Å². The molecule has 1 aromatic carbocycles. The minimum absolute atomic E-state index is 0.0840. The van der Waals surface area contributed by atoms with Crippen LogP contribution < -0.4 is 0 Å². The second-order valence-corrected chi connectivity index (χ2v) is 7.05. The van der Waals surface area contributed by atoms with Gasteiger partial charge in [-0.2, -0.15) is 9.61 Å². The number of aromatic nitrogens is 3. The van der Waals surface area contributed by atoms with Crippen LogP contribution in [0.2, 0.25) is 0 Å². The van der Waals surface area contributed by atoms with E-state index in [0.717, 1.165) is 36.6 Å². The number of hydrogen-bond donors (Lipinski definition) is 1. The van der Waals surface area contributed by atoms with Gasteiger partial charge in [0.05, 0.1) is 10.9 Å². The van der Waals surface area contributed by atoms with E-state index >= 15 is 0 Å². The van der Waals surface area contributed by atoms with Crippen molar-refractivity contribution in [3.05, 3.63) is 46.9 Å². The maximum Gasteiger partial charge on any atom is 0.230 e. The van der Waals surface area contributed by atoms with Crippen molar-refractivity contribution in [1.82, 2.24) is 24.4 Å². The van der Waals surface area contributed by atoms with Crippen LogP contribution in [0.5, 0.6) is 5.88 Å². The molecule has 1 atom stereocenters. The molecule has 1 saturated heterocycles. The van der Waals surface area contributed by atoms with Crippen LogP contribution in [0.25, 0.3) is 4.96 Å². The van der Waals surface area contributed by atoms with Crippen molar-refractivity contribution in [2.75, 3.05) is 33.2 Å². The first-order valence-electron chi connectivity index (χ1n) is 7.83. The monoisotopic (exact) mass is 347 g/mol. The molecule has 6 nitrogen and oxygen atoms in total. The summed E-state index contributed by atoms with van der Waals surface area (Å²) >= 11 is 1.40. The van der Waals surface area contributed by atoms with Gasteiger partial charge in [-0.3, -0.25) is 4.90 Å². The molecule has 0 amide bonds. The predicted octanol–water partition coefficient (Wildman–Crippen LogP) is 1.97. The molecule has 0 bridgehead atoms. The predicted molar refractivity (Wildman–Crippen MR) is 89.8 cm³/mol. The van der Waals surface area contributed by atoms with Gasteiger partial charge >= 0.3 is 0 Å². The standard InChI is InChI=1S/C16H18FN5OS/c1-20-5-7-21(8-6-20)13(11-3-2-4-12(17)9-11)14-15(23)22-16(24-14)18-10-19-22/h2-4,9-10,13,23H,5-8H2,1H3/t13-/m0/s1. The Morgan fingerprint density at radius 2 is 2.04 bits per heavy atom. The molecular formula is C16H18FN5OS. The van der Waals surface area contributed by atoms with E-state index in [9.17, 15) is 9.50 Å². The Labute approximate surface area is 142 Å². The van der Waals surface area contributed by atoms with Crippen molar-refractivity contribution in [2.24, 2.45) is 0 Å². The van der Waals surface area contributed by atoms with E-state index in [1.54, 1.807) is 12.1 Å². The molecule has 3 heterocycles. The van der Waals surface area contributed by atoms with Crippen LogP contribution in [0.3, 0.4) is 0 Å². The van der Waals surface area contributed by atoms with E-state index in [1.807, 2.05) is 6.07 Å². The molecule has 0 aliphatic carbocycles. The van der Waals surface area contributed by atoms with Crippen LogP contribution in [0.1, 0.15) is 16.5 Å². The van der Waals surface area contributed by atoms with Gasteiger partial charge in [0.2, 0.25) is 10.8 Å². The first kappa shape index (κ1) is 15.5. The fourth-order valence-electron chi connectivity index (χ4n) is 3.16. The number of nitrogens with zero attached hydrogens (tertiary/aromatic N) is 5. The Morgan fingerprint density at radius 3 is 2.75 bits per heavy atom. The number of thiazole rings is 1. The molecule has 24 heavy (non-hydrogen) atoms. The minimum atomic E-state index is -0.273. The van der Waals surface area contributed by atoms with E-state index in [-0.39, 0.29) is 17.7 Å². The number of halogens is 1. The summed E-state index contributed by atoms with van der Waals surface area (Å²) in [5, 5.41) is 14.7. The molecule has 0 spiro atoms. The van der Waals surface area contributed by atoms with Gasteiger partial charge < -0.3 is 10.0 Å². The lowest BCUT2D eigenvalue weighted by molar-refractivity contribution is 0.127. The van der Waals surface area contributed by atoms with Crippen molar-refractivity contribution in [3.63, 3.8) is 0 Å². The van der Waals surface area contributed by atoms with Crippen molar-refractivity contribution in [1.29, 1.82) is 0 Å². The lowest BCUT2D eigenvalue weighted by atomic mass is 10.0. The molecule has 1 fully saturated rings. The third-order valence-corrected chi connectivity index (χ3v) is 5.54. The van der Waals surface area contributed by atoms with Gasteiger partial charge in [-0.15, -0.1) is 0 Å². The summed E-state index contributed by atoms with van der Waals surface area (Å²) in [4.78, 5) is 10.1. The molecule has 8 heteroatoms. The fourth-order valence-corrected chi connectivity index (χ4v) is 4.25. The van der Waals surface area contributed by atoms with Gasteiger partial charge in [-0.05, 0) is 24.7 Å². The molecule has 1 aliphatic rings. The first-order chi connectivity index (χ1) is 11.6. The molecule has 2 aromatic heterocycles. The van der Waals surface area contributed by atoms with Gasteiger partial charge in [0.25, 0.3) is 0 Å². The van der Waals surface area contributed by atoms with Gasteiger partial charge in [-0.1, -0.05) is 23.5 Å². The molecule has 4 rings (SSSR count). The number of benzene rings is 1. The van der Waals surface area contributed by atoms with E-state index in [1.165, 1.54) is 28.2 Å². The van der Waals surface area contributed by atoms with Crippen LogP contribution >= 0.6 is 11.3 Å². The summed E-state index contributed by atoms with van der Waals surface area (Å²) < 4.78 is 15.2. The quantitative estimate of drug-likeness (QED) is 0.785. The lowest BCUT2D eigenvalue weighted by Crippen LogP contribution is -2.46. The van der Waals surface area contributed by atoms with Crippen molar-refractivity contribution in [2.45, 2.75) is 6.04 Å². The Bertz CT molecular complexity index is 855. The van der Waals surface area contributed by atoms with Crippen molar-refractivity contribution in [3.8, 4) is 5.88 Å². The van der Waals surface area contributed by atoms with Crippen molar-refractivity contribution >= 4 is 16.3 Å². The van der Waals surface area contributed by atoms with Crippen LogP contribution in [0.15, 0.2) is 30.6 Å². The van der Waals surface area contributed by atoms with E-state index in [2.05, 4.69) is 26.9 Å². The zero-order valence-corrected chi connectivity index (χ0v) is 14.1. The van der Waals surface area contributed by atoms with Gasteiger partial charge in [-0.25, -0.2) is 9.37 Å². The molecule has 0 saturated carbocycles. The molecule has 1 N–H and O–H groups in total. The molecule has 0 radical (unpaired) electrons. The third-order valence-electron chi connectivity index (χ3n) is 4.45. The zero-order valence-electron chi connectivity index (χ0n) is 13.3. The minimum Gasteiger partial charge on any atom is -0.492 e. The maximum absolute atomic E-state index is 13.8. The van der Waals surface area contributed by atoms with Gasteiger partial charge in [0, 0.05) is 26.2 Å². The summed E-state index contributed by atoms with van der Waals surface area (Å²) in [5.41, 5.74) is 0.833. The average Bonchev–Trinajstić information content (AvgIpc) is 3.14. The Morgan fingerprint density at radius 1 is 1.25 bits per heavy atom.